The number of hydrogen-bond acceptors (Lipinski definition) is 6. The molecule has 10 heteroatoms. The van der Waals surface area contributed by atoms with Gasteiger partial charge in [0, 0.05) is 18.2 Å². The molecule has 2 aromatic heterocycles. The van der Waals surface area contributed by atoms with E-state index in [1.165, 1.54) is 18.5 Å². The lowest BCUT2D eigenvalue weighted by Gasteiger charge is -2.14. The first-order valence-corrected chi connectivity index (χ1v) is 9.02. The smallest absolute Gasteiger partial charge is 0.394 e. The van der Waals surface area contributed by atoms with E-state index >= 15 is 0 Å². The van der Waals surface area contributed by atoms with Crippen LogP contribution in [-0.2, 0) is 10.9 Å². The van der Waals surface area contributed by atoms with Crippen LogP contribution in [0.3, 0.4) is 0 Å². The number of aromatic nitrogens is 3. The van der Waals surface area contributed by atoms with E-state index in [0.29, 0.717) is 22.2 Å². The Balaban J connectivity index is 1.72. The Morgan fingerprint density at radius 1 is 1.20 bits per heavy atom. The average Bonchev–Trinajstić information content (AvgIpc) is 3.27. The topological polar surface area (TPSA) is 106 Å². The third-order valence-corrected chi connectivity index (χ3v) is 4.89. The first kappa shape index (κ1) is 20.2. The Morgan fingerprint density at radius 3 is 2.57 bits per heavy atom. The first-order valence-electron chi connectivity index (χ1n) is 9.02. The number of benzene rings is 1. The number of nitrogen functional groups attached to an aromatic ring is 1. The zero-order valence-electron chi connectivity index (χ0n) is 15.5. The SMILES string of the molecule is Nc1ncnc2c1c(C#Cc1ccc(C(F)(F)F)cc1)cn2[C@H]1C[C@H](O)[C@@H](CO)O1. The molecule has 156 valence electrons. The maximum Gasteiger partial charge on any atom is 0.416 e. The molecule has 1 saturated heterocycles. The number of fused-ring (bicyclic) bond motifs is 1. The van der Waals surface area contributed by atoms with Gasteiger partial charge < -0.3 is 25.3 Å². The minimum Gasteiger partial charge on any atom is -0.394 e. The number of aliphatic hydroxyl groups is 2. The highest BCUT2D eigenvalue weighted by Gasteiger charge is 2.35. The molecule has 0 radical (unpaired) electrons. The summed E-state index contributed by atoms with van der Waals surface area (Å²) in [6.07, 6.45) is -3.38. The fourth-order valence-electron chi connectivity index (χ4n) is 3.35. The number of ether oxygens (including phenoxy) is 1. The summed E-state index contributed by atoms with van der Waals surface area (Å²) in [7, 11) is 0. The van der Waals surface area contributed by atoms with Crippen LogP contribution in [0.1, 0.15) is 29.3 Å². The van der Waals surface area contributed by atoms with Gasteiger partial charge in [0.25, 0.3) is 0 Å². The first-order chi connectivity index (χ1) is 14.3. The second-order valence-electron chi connectivity index (χ2n) is 6.85. The van der Waals surface area contributed by atoms with E-state index in [9.17, 15) is 23.4 Å². The molecular weight excluding hydrogens is 401 g/mol. The average molecular weight is 418 g/mol. The number of halogens is 3. The van der Waals surface area contributed by atoms with Crippen LogP contribution in [-0.4, -0.2) is 43.6 Å². The summed E-state index contributed by atoms with van der Waals surface area (Å²) in [5.74, 6) is 5.91. The van der Waals surface area contributed by atoms with E-state index in [1.807, 2.05) is 0 Å². The monoisotopic (exact) mass is 418 g/mol. The molecule has 0 spiro atoms. The summed E-state index contributed by atoms with van der Waals surface area (Å²) in [6, 6.07) is 4.51. The van der Waals surface area contributed by atoms with Gasteiger partial charge in [0.15, 0.2) is 0 Å². The van der Waals surface area contributed by atoms with Gasteiger partial charge in [-0.25, -0.2) is 9.97 Å². The number of alkyl halides is 3. The van der Waals surface area contributed by atoms with Crippen molar-refractivity contribution < 1.29 is 28.1 Å². The van der Waals surface area contributed by atoms with Crippen LogP contribution >= 0.6 is 0 Å². The molecule has 0 aliphatic carbocycles. The molecule has 1 aliphatic heterocycles. The fourth-order valence-corrected chi connectivity index (χ4v) is 3.35. The van der Waals surface area contributed by atoms with Gasteiger partial charge >= 0.3 is 6.18 Å². The summed E-state index contributed by atoms with van der Waals surface area (Å²) in [6.45, 7) is -0.325. The van der Waals surface area contributed by atoms with Gasteiger partial charge in [0.05, 0.1) is 29.2 Å². The zero-order valence-corrected chi connectivity index (χ0v) is 15.5. The van der Waals surface area contributed by atoms with Crippen molar-refractivity contribution in [3.8, 4) is 11.8 Å². The molecule has 1 aliphatic rings. The van der Waals surface area contributed by atoms with Crippen molar-refractivity contribution in [1.82, 2.24) is 14.5 Å². The number of aliphatic hydroxyl groups excluding tert-OH is 2. The largest absolute Gasteiger partial charge is 0.416 e. The lowest BCUT2D eigenvalue weighted by Crippen LogP contribution is -2.24. The lowest BCUT2D eigenvalue weighted by atomic mass is 10.1. The third kappa shape index (κ3) is 3.70. The van der Waals surface area contributed by atoms with E-state index in [1.54, 1.807) is 10.8 Å². The molecule has 3 atom stereocenters. The summed E-state index contributed by atoms with van der Waals surface area (Å²) >= 11 is 0. The molecule has 7 nitrogen and oxygen atoms in total. The van der Waals surface area contributed by atoms with Crippen LogP contribution in [0.5, 0.6) is 0 Å². The molecule has 3 heterocycles. The highest BCUT2D eigenvalue weighted by molar-refractivity contribution is 5.92. The standard InChI is InChI=1S/C20H17F3N4O3/c21-20(22,23)13-5-2-11(3-6-13)1-4-12-8-27(16-7-14(29)15(9-28)30-16)19-17(12)18(24)25-10-26-19/h2-3,5-6,8,10,14-16,28-29H,7,9H2,(H2,24,25,26)/t14-,15+,16+/m0/s1. The normalized spacial score (nSPS) is 21.6. The number of anilines is 1. The molecule has 0 unspecified atom stereocenters. The van der Waals surface area contributed by atoms with Gasteiger partial charge in [0.2, 0.25) is 0 Å². The molecular formula is C20H17F3N4O3. The van der Waals surface area contributed by atoms with Gasteiger partial charge in [0.1, 0.15) is 30.1 Å². The number of nitrogens with zero attached hydrogens (tertiary/aromatic N) is 3. The second kappa shape index (κ2) is 7.60. The van der Waals surface area contributed by atoms with Crippen LogP contribution in [0.4, 0.5) is 19.0 Å². The van der Waals surface area contributed by atoms with Gasteiger partial charge in [-0.1, -0.05) is 11.8 Å². The number of rotatable bonds is 2. The number of nitrogens with two attached hydrogens (primary N) is 1. The van der Waals surface area contributed by atoms with Crippen molar-refractivity contribution in [1.29, 1.82) is 0 Å². The van der Waals surface area contributed by atoms with Crippen LogP contribution in [0, 0.1) is 11.8 Å². The summed E-state index contributed by atoms with van der Waals surface area (Å²) in [5, 5.41) is 19.8. The zero-order chi connectivity index (χ0) is 21.5. The Hall–Kier alpha value is -3.13. The third-order valence-electron chi connectivity index (χ3n) is 4.89. The summed E-state index contributed by atoms with van der Waals surface area (Å²) in [5.41, 5.74) is 6.55. The Bertz CT molecular complexity index is 1130. The molecule has 3 aromatic rings. The molecule has 4 N–H and O–H groups in total. The van der Waals surface area contributed by atoms with Crippen molar-refractivity contribution in [2.75, 3.05) is 12.3 Å². The Morgan fingerprint density at radius 2 is 1.93 bits per heavy atom. The van der Waals surface area contributed by atoms with E-state index in [-0.39, 0.29) is 18.8 Å². The highest BCUT2D eigenvalue weighted by atomic mass is 19.4. The lowest BCUT2D eigenvalue weighted by molar-refractivity contribution is -0.137. The van der Waals surface area contributed by atoms with Crippen LogP contribution < -0.4 is 5.73 Å². The second-order valence-corrected chi connectivity index (χ2v) is 6.85. The minimum atomic E-state index is -4.41. The van der Waals surface area contributed by atoms with Gasteiger partial charge in [-0.15, -0.1) is 0 Å². The molecule has 0 bridgehead atoms. The summed E-state index contributed by atoms with van der Waals surface area (Å²) < 4.78 is 45.5. The van der Waals surface area contributed by atoms with Gasteiger partial charge in [-0.2, -0.15) is 13.2 Å². The van der Waals surface area contributed by atoms with Crippen LogP contribution in [0.15, 0.2) is 36.8 Å². The maximum absolute atomic E-state index is 12.7. The minimum absolute atomic E-state index is 0.188. The van der Waals surface area contributed by atoms with Crippen molar-refractivity contribution in [3.63, 3.8) is 0 Å². The van der Waals surface area contributed by atoms with Gasteiger partial charge in [-0.05, 0) is 24.3 Å². The molecule has 4 rings (SSSR count). The van der Waals surface area contributed by atoms with E-state index in [2.05, 4.69) is 21.8 Å². The van der Waals surface area contributed by atoms with E-state index in [4.69, 9.17) is 10.5 Å². The van der Waals surface area contributed by atoms with Crippen LogP contribution in [0.2, 0.25) is 0 Å². The van der Waals surface area contributed by atoms with E-state index in [0.717, 1.165) is 12.1 Å². The van der Waals surface area contributed by atoms with Gasteiger partial charge in [-0.3, -0.25) is 0 Å². The highest BCUT2D eigenvalue weighted by Crippen LogP contribution is 2.34. The number of hydrogen-bond donors (Lipinski definition) is 3. The Labute approximate surface area is 168 Å². The molecule has 0 saturated carbocycles. The predicted molar refractivity (Wildman–Crippen MR) is 101 cm³/mol. The molecule has 0 amide bonds. The maximum atomic E-state index is 12.7. The van der Waals surface area contributed by atoms with Crippen molar-refractivity contribution >= 4 is 16.9 Å². The fraction of sp³-hybridized carbons (Fsp3) is 0.300. The molecule has 30 heavy (non-hydrogen) atoms. The quantitative estimate of drug-likeness (QED) is 0.550. The summed E-state index contributed by atoms with van der Waals surface area (Å²) in [4.78, 5) is 8.21. The van der Waals surface area contributed by atoms with Crippen LogP contribution in [0.25, 0.3) is 11.0 Å². The van der Waals surface area contributed by atoms with E-state index < -0.39 is 30.2 Å². The predicted octanol–water partition coefficient (Wildman–Crippen LogP) is 2.07. The molecule has 1 fully saturated rings. The van der Waals surface area contributed by atoms with Crippen molar-refractivity contribution in [3.05, 3.63) is 53.5 Å². The Kier molecular flexibility index (Phi) is 5.11. The van der Waals surface area contributed by atoms with Crippen molar-refractivity contribution in [2.45, 2.75) is 31.0 Å². The molecule has 1 aromatic carbocycles. The van der Waals surface area contributed by atoms with Crippen molar-refractivity contribution in [2.24, 2.45) is 0 Å².